The van der Waals surface area contributed by atoms with E-state index >= 15 is 0 Å². The van der Waals surface area contributed by atoms with Crippen LogP contribution in [-0.4, -0.2) is 29.9 Å². The molecule has 7 heteroatoms. The molecule has 2 aromatic carbocycles. The van der Waals surface area contributed by atoms with Gasteiger partial charge in [-0.05, 0) is 31.0 Å². The fourth-order valence-electron chi connectivity index (χ4n) is 3.00. The molecule has 0 spiro atoms. The van der Waals surface area contributed by atoms with E-state index in [0.717, 1.165) is 24.2 Å². The molecule has 0 radical (unpaired) electrons. The Morgan fingerprint density at radius 1 is 1.25 bits per heavy atom. The molecule has 0 aliphatic carbocycles. The van der Waals surface area contributed by atoms with Gasteiger partial charge in [0.25, 0.3) is 5.91 Å². The summed E-state index contributed by atoms with van der Waals surface area (Å²) in [6.07, 6.45) is 4.08. The number of nitrogens with zero attached hydrogens (tertiary/aromatic N) is 1. The highest BCUT2D eigenvalue weighted by Gasteiger charge is 2.31. The smallest absolute Gasteiger partial charge is 0.258 e. The van der Waals surface area contributed by atoms with Gasteiger partial charge in [-0.3, -0.25) is 4.79 Å². The van der Waals surface area contributed by atoms with Crippen molar-refractivity contribution in [2.24, 2.45) is 5.10 Å². The number of hydrogen-bond donors (Lipinski definition) is 4. The molecule has 148 valence electrons. The molecule has 1 heterocycles. The molecule has 1 aliphatic rings. The third-order valence-electron chi connectivity index (χ3n) is 4.58. The summed E-state index contributed by atoms with van der Waals surface area (Å²) >= 11 is 0. The summed E-state index contributed by atoms with van der Waals surface area (Å²) in [6, 6.07) is 14.2. The maximum absolute atomic E-state index is 12.4. The van der Waals surface area contributed by atoms with Gasteiger partial charge >= 0.3 is 0 Å². The first kappa shape index (κ1) is 19.9. The SMILES string of the molecule is CCCCOc1ccccc1C1CC(C(=O)N/N=C/c2ccccc2O)NN1. The number of carbonyl (C=O) groups is 1. The van der Waals surface area contributed by atoms with E-state index in [0.29, 0.717) is 18.6 Å². The second-order valence-electron chi connectivity index (χ2n) is 6.66. The van der Waals surface area contributed by atoms with Crippen molar-refractivity contribution >= 4 is 12.1 Å². The van der Waals surface area contributed by atoms with Gasteiger partial charge in [-0.1, -0.05) is 43.7 Å². The van der Waals surface area contributed by atoms with Gasteiger partial charge in [0.15, 0.2) is 0 Å². The third kappa shape index (κ3) is 5.09. The number of phenolic OH excluding ortho intramolecular Hbond substituents is 1. The van der Waals surface area contributed by atoms with Gasteiger partial charge in [0, 0.05) is 11.1 Å². The summed E-state index contributed by atoms with van der Waals surface area (Å²) in [5.74, 6) is 0.709. The minimum Gasteiger partial charge on any atom is -0.507 e. The van der Waals surface area contributed by atoms with E-state index in [4.69, 9.17) is 4.74 Å². The van der Waals surface area contributed by atoms with Crippen LogP contribution in [0.1, 0.15) is 43.4 Å². The van der Waals surface area contributed by atoms with Crippen molar-refractivity contribution in [2.45, 2.75) is 38.3 Å². The average molecular weight is 382 g/mol. The molecule has 1 amide bonds. The number of para-hydroxylation sites is 2. The fraction of sp³-hybridized carbons (Fsp3) is 0.333. The van der Waals surface area contributed by atoms with E-state index < -0.39 is 6.04 Å². The minimum absolute atomic E-state index is 0.0317. The van der Waals surface area contributed by atoms with E-state index in [-0.39, 0.29) is 17.7 Å². The zero-order chi connectivity index (χ0) is 19.8. The Labute approximate surface area is 164 Å². The van der Waals surface area contributed by atoms with Gasteiger partial charge in [-0.2, -0.15) is 5.10 Å². The van der Waals surface area contributed by atoms with Crippen molar-refractivity contribution in [2.75, 3.05) is 6.61 Å². The number of amides is 1. The van der Waals surface area contributed by atoms with Crippen molar-refractivity contribution in [3.8, 4) is 11.5 Å². The minimum atomic E-state index is -0.421. The lowest BCUT2D eigenvalue weighted by atomic mass is 10.0. The zero-order valence-electron chi connectivity index (χ0n) is 15.9. The third-order valence-corrected chi connectivity index (χ3v) is 4.58. The predicted octanol–water partition coefficient (Wildman–Crippen LogP) is 2.63. The predicted molar refractivity (Wildman–Crippen MR) is 108 cm³/mol. The Hall–Kier alpha value is -2.90. The zero-order valence-corrected chi connectivity index (χ0v) is 15.9. The van der Waals surface area contributed by atoms with Crippen LogP contribution in [0.3, 0.4) is 0 Å². The van der Waals surface area contributed by atoms with Gasteiger partial charge < -0.3 is 9.84 Å². The number of hydrazine groups is 1. The molecular weight excluding hydrogens is 356 g/mol. The lowest BCUT2D eigenvalue weighted by molar-refractivity contribution is -0.122. The number of hydrazone groups is 1. The molecule has 7 nitrogen and oxygen atoms in total. The molecule has 1 saturated heterocycles. The molecule has 3 rings (SSSR count). The second kappa shape index (κ2) is 9.87. The van der Waals surface area contributed by atoms with Crippen molar-refractivity contribution in [1.29, 1.82) is 0 Å². The Kier molecular flexibility index (Phi) is 7.00. The molecule has 0 bridgehead atoms. The summed E-state index contributed by atoms with van der Waals surface area (Å²) in [4.78, 5) is 12.4. The van der Waals surface area contributed by atoms with Crippen LogP contribution in [-0.2, 0) is 4.79 Å². The van der Waals surface area contributed by atoms with Crippen molar-refractivity contribution in [3.63, 3.8) is 0 Å². The van der Waals surface area contributed by atoms with Crippen LogP contribution in [0.4, 0.5) is 0 Å². The van der Waals surface area contributed by atoms with E-state index in [1.165, 1.54) is 6.21 Å². The number of benzene rings is 2. The average Bonchev–Trinajstić information content (AvgIpc) is 3.20. The maximum atomic E-state index is 12.4. The number of carbonyl (C=O) groups excluding carboxylic acids is 1. The highest BCUT2D eigenvalue weighted by molar-refractivity contribution is 5.86. The maximum Gasteiger partial charge on any atom is 0.258 e. The van der Waals surface area contributed by atoms with Gasteiger partial charge in [-0.25, -0.2) is 16.3 Å². The summed E-state index contributed by atoms with van der Waals surface area (Å²) in [5, 5.41) is 13.6. The highest BCUT2D eigenvalue weighted by Crippen LogP contribution is 2.30. The van der Waals surface area contributed by atoms with E-state index in [1.54, 1.807) is 24.3 Å². The van der Waals surface area contributed by atoms with Crippen molar-refractivity contribution < 1.29 is 14.6 Å². The molecule has 0 aromatic heterocycles. The topological polar surface area (TPSA) is 95.0 Å². The summed E-state index contributed by atoms with van der Waals surface area (Å²) in [7, 11) is 0. The standard InChI is InChI=1S/C21H26N4O3/c1-2-3-12-28-20-11-7-5-9-16(20)17-13-18(24-23-17)21(27)25-22-14-15-8-4-6-10-19(15)26/h4-11,14,17-18,23-24,26H,2-3,12-13H2,1H3,(H,25,27)/b22-14+. The first-order chi connectivity index (χ1) is 13.7. The lowest BCUT2D eigenvalue weighted by Crippen LogP contribution is -2.41. The normalized spacial score (nSPS) is 19.0. The number of ether oxygens (including phenoxy) is 1. The number of unbranched alkanes of at least 4 members (excludes halogenated alkanes) is 1. The number of aromatic hydroxyl groups is 1. The molecule has 2 aromatic rings. The molecule has 28 heavy (non-hydrogen) atoms. The van der Waals surface area contributed by atoms with Crippen LogP contribution in [0.5, 0.6) is 11.5 Å². The lowest BCUT2D eigenvalue weighted by Gasteiger charge is -2.15. The molecule has 2 atom stereocenters. The van der Waals surface area contributed by atoms with Crippen LogP contribution >= 0.6 is 0 Å². The van der Waals surface area contributed by atoms with E-state index in [2.05, 4.69) is 28.3 Å². The van der Waals surface area contributed by atoms with E-state index in [1.807, 2.05) is 24.3 Å². The Bertz CT molecular complexity index is 825. The second-order valence-corrected chi connectivity index (χ2v) is 6.66. The number of phenols is 1. The van der Waals surface area contributed by atoms with Crippen LogP contribution in [0.25, 0.3) is 0 Å². The van der Waals surface area contributed by atoms with Crippen LogP contribution in [0, 0.1) is 0 Å². The van der Waals surface area contributed by atoms with Gasteiger partial charge in [-0.15, -0.1) is 0 Å². The number of hydrogen-bond acceptors (Lipinski definition) is 6. The van der Waals surface area contributed by atoms with Crippen LogP contribution in [0.2, 0.25) is 0 Å². The quantitative estimate of drug-likeness (QED) is 0.320. The van der Waals surface area contributed by atoms with E-state index in [9.17, 15) is 9.90 Å². The van der Waals surface area contributed by atoms with Gasteiger partial charge in [0.05, 0.1) is 18.9 Å². The highest BCUT2D eigenvalue weighted by atomic mass is 16.5. The Morgan fingerprint density at radius 3 is 2.86 bits per heavy atom. The summed E-state index contributed by atoms with van der Waals surface area (Å²) < 4.78 is 5.90. The molecule has 1 fully saturated rings. The summed E-state index contributed by atoms with van der Waals surface area (Å²) in [5.41, 5.74) is 10.3. The largest absolute Gasteiger partial charge is 0.507 e. The monoisotopic (exact) mass is 382 g/mol. The van der Waals surface area contributed by atoms with Gasteiger partial charge in [0.2, 0.25) is 0 Å². The first-order valence-electron chi connectivity index (χ1n) is 9.52. The van der Waals surface area contributed by atoms with Gasteiger partial charge in [0.1, 0.15) is 17.5 Å². The Balaban J connectivity index is 1.56. The first-order valence-corrected chi connectivity index (χ1v) is 9.52. The number of nitrogens with one attached hydrogen (secondary N) is 3. The summed E-state index contributed by atoms with van der Waals surface area (Å²) in [6.45, 7) is 2.81. The van der Waals surface area contributed by atoms with Crippen molar-refractivity contribution in [1.82, 2.24) is 16.3 Å². The van der Waals surface area contributed by atoms with Crippen LogP contribution in [0.15, 0.2) is 53.6 Å². The Morgan fingerprint density at radius 2 is 2.04 bits per heavy atom. The van der Waals surface area contributed by atoms with Crippen molar-refractivity contribution in [3.05, 3.63) is 59.7 Å². The fourth-order valence-corrected chi connectivity index (χ4v) is 3.00. The molecular formula is C21H26N4O3. The molecule has 4 N–H and O–H groups in total. The molecule has 1 aliphatic heterocycles. The molecule has 2 unspecified atom stereocenters. The van der Waals surface area contributed by atoms with Crippen LogP contribution < -0.4 is 21.0 Å². The molecule has 0 saturated carbocycles. The number of rotatable bonds is 8.